The Morgan fingerprint density at radius 3 is 2.71 bits per heavy atom. The lowest BCUT2D eigenvalue weighted by atomic mass is 10.4. The summed E-state index contributed by atoms with van der Waals surface area (Å²) in [6, 6.07) is 3.68. The largest absolute Gasteiger partial charge is 0.369 e. The molecular formula is C11H12ClN5O3S. The van der Waals surface area contributed by atoms with Crippen molar-refractivity contribution in [2.75, 3.05) is 16.6 Å². The third-order valence-electron chi connectivity index (χ3n) is 2.39. The van der Waals surface area contributed by atoms with Crippen LogP contribution in [0.25, 0.3) is 0 Å². The summed E-state index contributed by atoms with van der Waals surface area (Å²) in [6.45, 7) is 2.48. The lowest BCUT2D eigenvalue weighted by Crippen LogP contribution is -2.17. The number of nitrogens with zero attached hydrogens (tertiary/aromatic N) is 2. The lowest BCUT2D eigenvalue weighted by Gasteiger charge is -2.09. The number of pyridine rings is 1. The van der Waals surface area contributed by atoms with Crippen LogP contribution in [-0.4, -0.2) is 30.1 Å². The smallest absolute Gasteiger partial charge is 0.264 e. The Morgan fingerprint density at radius 2 is 2.14 bits per heavy atom. The first-order valence-corrected chi connectivity index (χ1v) is 7.76. The van der Waals surface area contributed by atoms with Gasteiger partial charge in [0.2, 0.25) is 0 Å². The zero-order valence-corrected chi connectivity index (χ0v) is 12.5. The highest BCUT2D eigenvalue weighted by Crippen LogP contribution is 2.23. The van der Waals surface area contributed by atoms with Gasteiger partial charge in [-0.15, -0.1) is 0 Å². The van der Waals surface area contributed by atoms with Crippen LogP contribution in [0.5, 0.6) is 0 Å². The van der Waals surface area contributed by atoms with E-state index in [4.69, 9.17) is 11.6 Å². The summed E-state index contributed by atoms with van der Waals surface area (Å²) in [4.78, 5) is 14.7. The zero-order chi connectivity index (χ0) is 15.5. The summed E-state index contributed by atoms with van der Waals surface area (Å²) in [6.07, 6.45) is 1.18. The van der Waals surface area contributed by atoms with Gasteiger partial charge in [-0.2, -0.15) is 5.10 Å². The number of anilines is 2. The molecule has 0 unspecified atom stereocenters. The molecule has 2 aromatic rings. The summed E-state index contributed by atoms with van der Waals surface area (Å²) in [5, 5.41) is 8.78. The predicted molar refractivity (Wildman–Crippen MR) is 79.1 cm³/mol. The fourth-order valence-electron chi connectivity index (χ4n) is 1.46. The molecule has 0 spiro atoms. The first kappa shape index (κ1) is 15.3. The maximum absolute atomic E-state index is 12.1. The van der Waals surface area contributed by atoms with Gasteiger partial charge in [0.15, 0.2) is 5.82 Å². The summed E-state index contributed by atoms with van der Waals surface area (Å²) >= 11 is 5.96. The normalized spacial score (nSPS) is 11.1. The van der Waals surface area contributed by atoms with Gasteiger partial charge in [0, 0.05) is 18.8 Å². The van der Waals surface area contributed by atoms with Crippen molar-refractivity contribution in [3.8, 4) is 0 Å². The Bertz CT molecular complexity index is 785. The van der Waals surface area contributed by atoms with Crippen LogP contribution >= 0.6 is 11.6 Å². The number of rotatable bonds is 5. The van der Waals surface area contributed by atoms with Gasteiger partial charge in [-0.3, -0.25) is 9.52 Å². The standard InChI is InChI=1S/C11H12ClN5O3S/c1-2-13-11-8(12)5-7(6-14-11)21(19,20)17-9-3-4-10(18)16-15-9/h3-6H,2H2,1H3,(H,13,14)(H,15,17)(H,16,18). The number of H-pyrrole nitrogens is 1. The zero-order valence-electron chi connectivity index (χ0n) is 10.9. The molecule has 0 amide bonds. The second kappa shape index (κ2) is 6.10. The first-order valence-electron chi connectivity index (χ1n) is 5.90. The van der Waals surface area contributed by atoms with E-state index in [1.165, 1.54) is 18.3 Å². The number of aromatic amines is 1. The van der Waals surface area contributed by atoms with Gasteiger partial charge in [-0.25, -0.2) is 18.5 Å². The van der Waals surface area contributed by atoms with Gasteiger partial charge in [0.1, 0.15) is 10.7 Å². The van der Waals surface area contributed by atoms with Gasteiger partial charge in [0.05, 0.1) is 5.02 Å². The Kier molecular flexibility index (Phi) is 4.43. The fourth-order valence-corrected chi connectivity index (χ4v) is 2.73. The lowest BCUT2D eigenvalue weighted by molar-refractivity contribution is 0.600. The molecule has 0 aliphatic heterocycles. The Morgan fingerprint density at radius 1 is 1.38 bits per heavy atom. The summed E-state index contributed by atoms with van der Waals surface area (Å²) in [5.74, 6) is 0.391. The SMILES string of the molecule is CCNc1ncc(S(=O)(=O)Nc2ccc(=O)[nH]n2)cc1Cl. The molecule has 2 rings (SSSR count). The van der Waals surface area contributed by atoms with Crippen LogP contribution in [0.4, 0.5) is 11.6 Å². The van der Waals surface area contributed by atoms with E-state index in [0.29, 0.717) is 12.4 Å². The summed E-state index contributed by atoms with van der Waals surface area (Å²) in [5.41, 5.74) is -0.433. The van der Waals surface area contributed by atoms with E-state index in [1.807, 2.05) is 6.92 Å². The maximum atomic E-state index is 12.1. The number of nitrogens with one attached hydrogen (secondary N) is 3. The molecule has 0 aliphatic carbocycles. The minimum atomic E-state index is -3.89. The molecule has 0 atom stereocenters. The number of sulfonamides is 1. The van der Waals surface area contributed by atoms with Crippen LogP contribution in [0.1, 0.15) is 6.92 Å². The topological polar surface area (TPSA) is 117 Å². The number of hydrogen-bond acceptors (Lipinski definition) is 6. The van der Waals surface area contributed by atoms with Gasteiger partial charge in [-0.1, -0.05) is 11.6 Å². The molecule has 0 aliphatic rings. The van der Waals surface area contributed by atoms with E-state index in [1.54, 1.807) is 0 Å². The highest BCUT2D eigenvalue weighted by Gasteiger charge is 2.17. The second-order valence-electron chi connectivity index (χ2n) is 3.94. The molecule has 2 aromatic heterocycles. The molecular weight excluding hydrogens is 318 g/mol. The molecule has 0 aromatic carbocycles. The highest BCUT2D eigenvalue weighted by molar-refractivity contribution is 7.92. The third kappa shape index (κ3) is 3.70. The van der Waals surface area contributed by atoms with Crippen LogP contribution in [0, 0.1) is 0 Å². The van der Waals surface area contributed by atoms with Crippen LogP contribution in [0.2, 0.25) is 5.02 Å². The van der Waals surface area contributed by atoms with Crippen molar-refractivity contribution in [1.82, 2.24) is 15.2 Å². The van der Waals surface area contributed by atoms with Crippen LogP contribution < -0.4 is 15.6 Å². The van der Waals surface area contributed by atoms with Crippen molar-refractivity contribution < 1.29 is 8.42 Å². The van der Waals surface area contributed by atoms with E-state index < -0.39 is 15.6 Å². The van der Waals surface area contributed by atoms with Crippen molar-refractivity contribution in [2.45, 2.75) is 11.8 Å². The Hall–Kier alpha value is -2.13. The van der Waals surface area contributed by atoms with Crippen molar-refractivity contribution in [3.05, 3.63) is 39.8 Å². The quantitative estimate of drug-likeness (QED) is 0.755. The number of halogens is 1. The molecule has 0 radical (unpaired) electrons. The van der Waals surface area contributed by atoms with E-state index >= 15 is 0 Å². The van der Waals surface area contributed by atoms with Crippen LogP contribution in [0.3, 0.4) is 0 Å². The highest BCUT2D eigenvalue weighted by atomic mass is 35.5. The molecule has 21 heavy (non-hydrogen) atoms. The summed E-state index contributed by atoms with van der Waals surface area (Å²) in [7, 11) is -3.89. The van der Waals surface area contributed by atoms with Gasteiger partial charge < -0.3 is 5.32 Å². The average molecular weight is 330 g/mol. The minimum absolute atomic E-state index is 0.0125. The van der Waals surface area contributed by atoms with Crippen LogP contribution in [0.15, 0.2) is 34.1 Å². The third-order valence-corrected chi connectivity index (χ3v) is 4.00. The van der Waals surface area contributed by atoms with Gasteiger partial charge in [0.25, 0.3) is 15.6 Å². The molecule has 8 nitrogen and oxygen atoms in total. The number of hydrogen-bond donors (Lipinski definition) is 3. The van der Waals surface area contributed by atoms with Crippen molar-refractivity contribution in [2.24, 2.45) is 0 Å². The Balaban J connectivity index is 2.29. The molecule has 0 saturated heterocycles. The maximum Gasteiger partial charge on any atom is 0.264 e. The molecule has 0 bridgehead atoms. The fraction of sp³-hybridized carbons (Fsp3) is 0.182. The van der Waals surface area contributed by atoms with E-state index in [9.17, 15) is 13.2 Å². The second-order valence-corrected chi connectivity index (χ2v) is 6.03. The molecule has 3 N–H and O–H groups in total. The van der Waals surface area contributed by atoms with E-state index in [-0.39, 0.29) is 15.7 Å². The molecule has 0 fully saturated rings. The average Bonchev–Trinajstić information content (AvgIpc) is 2.43. The van der Waals surface area contributed by atoms with Crippen molar-refractivity contribution >= 4 is 33.3 Å². The van der Waals surface area contributed by atoms with E-state index in [2.05, 4.69) is 25.2 Å². The molecule has 0 saturated carbocycles. The minimum Gasteiger partial charge on any atom is -0.369 e. The van der Waals surface area contributed by atoms with Gasteiger partial charge in [-0.05, 0) is 19.1 Å². The summed E-state index contributed by atoms with van der Waals surface area (Å²) < 4.78 is 26.5. The van der Waals surface area contributed by atoms with Crippen molar-refractivity contribution in [3.63, 3.8) is 0 Å². The number of aromatic nitrogens is 3. The first-order chi connectivity index (χ1) is 9.92. The van der Waals surface area contributed by atoms with Gasteiger partial charge >= 0.3 is 0 Å². The Labute approximate surface area is 125 Å². The molecule has 10 heteroatoms. The molecule has 2 heterocycles. The monoisotopic (exact) mass is 329 g/mol. The predicted octanol–water partition coefficient (Wildman–Crippen LogP) is 1.05. The van der Waals surface area contributed by atoms with Crippen molar-refractivity contribution in [1.29, 1.82) is 0 Å². The molecule has 112 valence electrons. The van der Waals surface area contributed by atoms with E-state index in [0.717, 1.165) is 6.07 Å². The van der Waals surface area contributed by atoms with Crippen LogP contribution in [-0.2, 0) is 10.0 Å².